The van der Waals surface area contributed by atoms with Gasteiger partial charge in [-0.1, -0.05) is 35.5 Å². The highest BCUT2D eigenvalue weighted by atomic mass is 32.2. The Labute approximate surface area is 178 Å². The number of rotatable bonds is 9. The maximum Gasteiger partial charge on any atom is 0.236 e. The molecule has 9 heteroatoms. The molecule has 7 nitrogen and oxygen atoms in total. The van der Waals surface area contributed by atoms with Crippen molar-refractivity contribution in [2.24, 2.45) is 0 Å². The van der Waals surface area contributed by atoms with Crippen LogP contribution >= 0.6 is 23.1 Å². The van der Waals surface area contributed by atoms with Crippen molar-refractivity contribution in [1.29, 1.82) is 0 Å². The van der Waals surface area contributed by atoms with Crippen LogP contribution in [0.15, 0.2) is 47.6 Å². The summed E-state index contributed by atoms with van der Waals surface area (Å²) in [6.45, 7) is 10.4. The lowest BCUT2D eigenvalue weighted by Crippen LogP contribution is -2.15. The van der Waals surface area contributed by atoms with Gasteiger partial charge in [-0.15, -0.1) is 28.1 Å². The Bertz CT molecular complexity index is 985. The number of ether oxygens (including phenoxy) is 1. The summed E-state index contributed by atoms with van der Waals surface area (Å²) < 4.78 is 8.05. The first-order valence-corrected chi connectivity index (χ1v) is 10.9. The van der Waals surface area contributed by atoms with Gasteiger partial charge in [0.2, 0.25) is 5.91 Å². The second kappa shape index (κ2) is 9.71. The summed E-state index contributed by atoms with van der Waals surface area (Å²) in [4.78, 5) is 16.2. The number of carbonyl (C=O) groups excluding carboxylic acids is 1. The predicted octanol–water partition coefficient (Wildman–Crippen LogP) is 4.41. The smallest absolute Gasteiger partial charge is 0.236 e. The first kappa shape index (κ1) is 21.1. The van der Waals surface area contributed by atoms with Crippen molar-refractivity contribution < 1.29 is 9.53 Å². The maximum atomic E-state index is 12.1. The summed E-state index contributed by atoms with van der Waals surface area (Å²) in [6, 6.07) is 6.07. The second-order valence-electron chi connectivity index (χ2n) is 6.44. The molecule has 0 aliphatic carbocycles. The van der Waals surface area contributed by atoms with E-state index < -0.39 is 0 Å². The van der Waals surface area contributed by atoms with E-state index in [1.807, 2.05) is 35.9 Å². The SMILES string of the molecule is C=CCn1c(SCC(=O)Nc2nccs2)nnc1C(C)Oc1ccc(C)cc1C. The third-order valence-corrected chi connectivity index (χ3v) is 5.72. The first-order chi connectivity index (χ1) is 14.0. The van der Waals surface area contributed by atoms with E-state index in [4.69, 9.17) is 4.74 Å². The first-order valence-electron chi connectivity index (χ1n) is 9.08. The van der Waals surface area contributed by atoms with Gasteiger partial charge >= 0.3 is 0 Å². The van der Waals surface area contributed by atoms with Crippen LogP contribution in [0.2, 0.25) is 0 Å². The number of hydrogen-bond acceptors (Lipinski definition) is 7. The molecule has 0 spiro atoms. The van der Waals surface area contributed by atoms with Crippen LogP contribution in [0.5, 0.6) is 5.75 Å². The van der Waals surface area contributed by atoms with E-state index in [1.165, 1.54) is 28.7 Å². The number of aryl methyl sites for hydroxylation is 2. The number of allylic oxidation sites excluding steroid dienone is 1. The zero-order chi connectivity index (χ0) is 20.8. The fourth-order valence-electron chi connectivity index (χ4n) is 2.75. The van der Waals surface area contributed by atoms with Crippen molar-refractivity contribution in [3.05, 3.63) is 59.4 Å². The number of nitrogens with one attached hydrogen (secondary N) is 1. The lowest BCUT2D eigenvalue weighted by Gasteiger charge is -2.17. The molecule has 0 radical (unpaired) electrons. The minimum atomic E-state index is -0.303. The van der Waals surface area contributed by atoms with Gasteiger partial charge in [0.05, 0.1) is 5.75 Å². The Balaban J connectivity index is 1.70. The minimum absolute atomic E-state index is 0.140. The van der Waals surface area contributed by atoms with E-state index >= 15 is 0 Å². The summed E-state index contributed by atoms with van der Waals surface area (Å²) in [6.07, 6.45) is 3.12. The van der Waals surface area contributed by atoms with Crippen LogP contribution in [0.3, 0.4) is 0 Å². The standard InChI is InChI=1S/C20H23N5O2S2/c1-5-9-25-18(15(4)27-16-7-6-13(2)11-14(16)3)23-24-20(25)29-12-17(26)22-19-21-8-10-28-19/h5-8,10-11,15H,1,9,12H2,2-4H3,(H,21,22,26). The molecule has 3 aromatic rings. The van der Waals surface area contributed by atoms with Crippen LogP contribution in [0, 0.1) is 13.8 Å². The van der Waals surface area contributed by atoms with Crippen molar-refractivity contribution in [2.75, 3.05) is 11.1 Å². The lowest BCUT2D eigenvalue weighted by atomic mass is 10.1. The number of aromatic nitrogens is 4. The minimum Gasteiger partial charge on any atom is -0.482 e. The van der Waals surface area contributed by atoms with Crippen molar-refractivity contribution >= 4 is 34.1 Å². The number of benzene rings is 1. The van der Waals surface area contributed by atoms with Crippen LogP contribution in [0.25, 0.3) is 0 Å². The van der Waals surface area contributed by atoms with Gasteiger partial charge in [-0.3, -0.25) is 9.36 Å². The maximum absolute atomic E-state index is 12.1. The molecule has 1 N–H and O–H groups in total. The molecule has 0 aliphatic rings. The van der Waals surface area contributed by atoms with Gasteiger partial charge < -0.3 is 10.1 Å². The predicted molar refractivity (Wildman–Crippen MR) is 117 cm³/mol. The number of thiazole rings is 1. The number of hydrogen-bond donors (Lipinski definition) is 1. The van der Waals surface area contributed by atoms with E-state index in [-0.39, 0.29) is 17.8 Å². The number of thioether (sulfide) groups is 1. The molecule has 29 heavy (non-hydrogen) atoms. The Kier molecular flexibility index (Phi) is 7.05. The Morgan fingerprint density at radius 3 is 2.93 bits per heavy atom. The van der Waals surface area contributed by atoms with Crippen molar-refractivity contribution in [1.82, 2.24) is 19.7 Å². The van der Waals surface area contributed by atoms with Gasteiger partial charge in [0.15, 0.2) is 22.2 Å². The summed E-state index contributed by atoms with van der Waals surface area (Å²) in [5.74, 6) is 1.57. The molecule has 2 aromatic heterocycles. The van der Waals surface area contributed by atoms with Crippen LogP contribution in [0.1, 0.15) is 30.0 Å². The van der Waals surface area contributed by atoms with Gasteiger partial charge in [-0.25, -0.2) is 4.98 Å². The van der Waals surface area contributed by atoms with Gasteiger partial charge in [0, 0.05) is 18.1 Å². The van der Waals surface area contributed by atoms with Crippen molar-refractivity contribution in [2.45, 2.75) is 38.6 Å². The number of carbonyl (C=O) groups is 1. The van der Waals surface area contributed by atoms with Gasteiger partial charge in [0.25, 0.3) is 0 Å². The largest absolute Gasteiger partial charge is 0.482 e. The van der Waals surface area contributed by atoms with E-state index in [0.717, 1.165) is 11.3 Å². The van der Waals surface area contributed by atoms with Crippen molar-refractivity contribution in [3.63, 3.8) is 0 Å². The Morgan fingerprint density at radius 2 is 2.24 bits per heavy atom. The van der Waals surface area contributed by atoms with Gasteiger partial charge in [0.1, 0.15) is 5.75 Å². The molecule has 0 bridgehead atoms. The highest BCUT2D eigenvalue weighted by Crippen LogP contribution is 2.27. The summed E-state index contributed by atoms with van der Waals surface area (Å²) >= 11 is 2.70. The zero-order valence-corrected chi connectivity index (χ0v) is 18.2. The second-order valence-corrected chi connectivity index (χ2v) is 8.28. The third kappa shape index (κ3) is 5.45. The Hall–Kier alpha value is -2.65. The lowest BCUT2D eigenvalue weighted by molar-refractivity contribution is -0.113. The zero-order valence-electron chi connectivity index (χ0n) is 16.6. The normalized spacial score (nSPS) is 11.8. The van der Waals surface area contributed by atoms with E-state index in [9.17, 15) is 4.79 Å². The molecule has 152 valence electrons. The average molecular weight is 430 g/mol. The summed E-state index contributed by atoms with van der Waals surface area (Å²) in [5.41, 5.74) is 2.26. The molecule has 1 unspecified atom stereocenters. The molecule has 0 saturated heterocycles. The molecule has 2 heterocycles. The molecule has 0 aliphatic heterocycles. The number of nitrogens with zero attached hydrogens (tertiary/aromatic N) is 4. The molecular formula is C20H23N5O2S2. The third-order valence-electron chi connectivity index (χ3n) is 4.07. The summed E-state index contributed by atoms with van der Waals surface area (Å²) in [7, 11) is 0. The average Bonchev–Trinajstić information content (AvgIpc) is 3.32. The monoisotopic (exact) mass is 429 g/mol. The quantitative estimate of drug-likeness (QED) is 0.401. The fourth-order valence-corrected chi connectivity index (χ4v) is 4.05. The molecule has 1 aromatic carbocycles. The van der Waals surface area contributed by atoms with Crippen LogP contribution < -0.4 is 10.1 Å². The van der Waals surface area contributed by atoms with E-state index in [2.05, 4.69) is 40.1 Å². The van der Waals surface area contributed by atoms with Crippen LogP contribution in [-0.2, 0) is 11.3 Å². The molecule has 0 saturated carbocycles. The van der Waals surface area contributed by atoms with Gasteiger partial charge in [-0.05, 0) is 32.4 Å². The Morgan fingerprint density at radius 1 is 1.41 bits per heavy atom. The molecule has 1 amide bonds. The number of anilines is 1. The highest BCUT2D eigenvalue weighted by Gasteiger charge is 2.20. The molecule has 1 atom stereocenters. The fraction of sp³-hybridized carbons (Fsp3) is 0.300. The van der Waals surface area contributed by atoms with Crippen LogP contribution in [0.4, 0.5) is 5.13 Å². The highest BCUT2D eigenvalue weighted by molar-refractivity contribution is 7.99. The topological polar surface area (TPSA) is 81.9 Å². The summed E-state index contributed by atoms with van der Waals surface area (Å²) in [5, 5.41) is 14.4. The molecular weight excluding hydrogens is 406 g/mol. The number of amides is 1. The van der Waals surface area contributed by atoms with E-state index in [0.29, 0.717) is 22.7 Å². The molecule has 3 rings (SSSR count). The molecule has 0 fully saturated rings. The van der Waals surface area contributed by atoms with Crippen molar-refractivity contribution in [3.8, 4) is 5.75 Å². The van der Waals surface area contributed by atoms with E-state index in [1.54, 1.807) is 12.3 Å². The van der Waals surface area contributed by atoms with Gasteiger partial charge in [-0.2, -0.15) is 0 Å². The van der Waals surface area contributed by atoms with Crippen LogP contribution in [-0.4, -0.2) is 31.4 Å².